The summed E-state index contributed by atoms with van der Waals surface area (Å²) >= 11 is 0. The zero-order valence-corrected chi connectivity index (χ0v) is 15.9. The van der Waals surface area contributed by atoms with Crippen LogP contribution in [0.1, 0.15) is 51.5 Å². The number of esters is 1. The fourth-order valence-electron chi connectivity index (χ4n) is 3.07. The van der Waals surface area contributed by atoms with E-state index in [1.165, 1.54) is 5.56 Å². The van der Waals surface area contributed by atoms with Crippen molar-refractivity contribution in [1.82, 2.24) is 4.57 Å². The van der Waals surface area contributed by atoms with Crippen LogP contribution in [0, 0.1) is 13.8 Å². The minimum atomic E-state index is -0.429. The second-order valence-corrected chi connectivity index (χ2v) is 6.06. The highest BCUT2D eigenvalue weighted by Crippen LogP contribution is 2.24. The van der Waals surface area contributed by atoms with Gasteiger partial charge >= 0.3 is 5.97 Å². The van der Waals surface area contributed by atoms with Crippen molar-refractivity contribution in [3.05, 3.63) is 65.0 Å². The molecule has 26 heavy (non-hydrogen) atoms. The number of aryl methyl sites for hydroxylation is 1. The molecule has 1 amide bonds. The molecule has 1 aromatic carbocycles. The van der Waals surface area contributed by atoms with Crippen LogP contribution in [0.15, 0.2) is 36.9 Å². The van der Waals surface area contributed by atoms with Crippen molar-refractivity contribution in [2.45, 2.75) is 40.7 Å². The van der Waals surface area contributed by atoms with Gasteiger partial charge in [-0.2, -0.15) is 0 Å². The average Bonchev–Trinajstić information content (AvgIpc) is 2.86. The van der Waals surface area contributed by atoms with Crippen LogP contribution in [0.4, 0.5) is 5.69 Å². The molecule has 0 aliphatic carbocycles. The van der Waals surface area contributed by atoms with Gasteiger partial charge in [-0.3, -0.25) is 4.79 Å². The Morgan fingerprint density at radius 2 is 1.85 bits per heavy atom. The van der Waals surface area contributed by atoms with E-state index in [1.807, 2.05) is 31.2 Å². The lowest BCUT2D eigenvalue weighted by atomic mass is 10.1. The van der Waals surface area contributed by atoms with Gasteiger partial charge in [0.15, 0.2) is 0 Å². The van der Waals surface area contributed by atoms with E-state index in [9.17, 15) is 9.59 Å². The van der Waals surface area contributed by atoms with Crippen LogP contribution in [0.5, 0.6) is 0 Å². The number of nitrogens with zero attached hydrogens (tertiary/aromatic N) is 1. The third kappa shape index (κ3) is 3.87. The minimum absolute atomic E-state index is 0.238. The van der Waals surface area contributed by atoms with Crippen LogP contribution in [-0.2, 0) is 17.7 Å². The number of nitrogens with one attached hydrogen (secondary N) is 1. The molecule has 1 N–H and O–H groups in total. The van der Waals surface area contributed by atoms with Crippen LogP contribution in [0.25, 0.3) is 0 Å². The van der Waals surface area contributed by atoms with E-state index in [1.54, 1.807) is 24.5 Å². The summed E-state index contributed by atoms with van der Waals surface area (Å²) in [6.07, 6.45) is 2.64. The van der Waals surface area contributed by atoms with Crippen LogP contribution in [-0.4, -0.2) is 23.1 Å². The molecular weight excluding hydrogens is 328 g/mol. The second-order valence-electron chi connectivity index (χ2n) is 6.06. The lowest BCUT2D eigenvalue weighted by Gasteiger charge is -2.09. The number of allylic oxidation sites excluding steroid dienone is 1. The summed E-state index contributed by atoms with van der Waals surface area (Å²) in [7, 11) is 0. The molecule has 0 bridgehead atoms. The highest BCUT2D eigenvalue weighted by molar-refractivity contribution is 6.08. The number of carbonyl (C=O) groups excluding carboxylic acids is 2. The zero-order chi connectivity index (χ0) is 19.3. The van der Waals surface area contributed by atoms with Crippen molar-refractivity contribution in [3.8, 4) is 0 Å². The molecule has 2 rings (SSSR count). The molecule has 2 aromatic rings. The van der Waals surface area contributed by atoms with Crippen molar-refractivity contribution in [1.29, 1.82) is 0 Å². The van der Waals surface area contributed by atoms with Gasteiger partial charge in [0, 0.05) is 17.9 Å². The van der Waals surface area contributed by atoms with Crippen LogP contribution in [0.3, 0.4) is 0 Å². The van der Waals surface area contributed by atoms with Gasteiger partial charge in [-0.15, -0.1) is 6.58 Å². The van der Waals surface area contributed by atoms with E-state index >= 15 is 0 Å². The summed E-state index contributed by atoms with van der Waals surface area (Å²) in [6, 6.07) is 7.74. The number of amides is 1. The van der Waals surface area contributed by atoms with Crippen molar-refractivity contribution in [2.75, 3.05) is 11.9 Å². The predicted octanol–water partition coefficient (Wildman–Crippen LogP) is 4.28. The highest BCUT2D eigenvalue weighted by atomic mass is 16.5. The molecule has 5 heteroatoms. The largest absolute Gasteiger partial charge is 0.461 e. The van der Waals surface area contributed by atoms with Gasteiger partial charge in [0.2, 0.25) is 0 Å². The number of aromatic nitrogens is 1. The van der Waals surface area contributed by atoms with E-state index in [2.05, 4.69) is 18.8 Å². The van der Waals surface area contributed by atoms with Crippen molar-refractivity contribution in [3.63, 3.8) is 0 Å². The Bertz CT molecular complexity index is 817. The van der Waals surface area contributed by atoms with Crippen molar-refractivity contribution >= 4 is 17.6 Å². The fraction of sp³-hybridized carbons (Fsp3) is 0.333. The van der Waals surface area contributed by atoms with Crippen molar-refractivity contribution in [2.24, 2.45) is 0 Å². The molecule has 138 valence electrons. The van der Waals surface area contributed by atoms with Crippen molar-refractivity contribution < 1.29 is 14.3 Å². The van der Waals surface area contributed by atoms with Gasteiger partial charge < -0.3 is 14.6 Å². The first-order valence-electron chi connectivity index (χ1n) is 8.82. The summed E-state index contributed by atoms with van der Waals surface area (Å²) in [5.74, 6) is -0.668. The Morgan fingerprint density at radius 1 is 1.19 bits per heavy atom. The maximum absolute atomic E-state index is 12.9. The first-order chi connectivity index (χ1) is 12.4. The van der Waals surface area contributed by atoms with Gasteiger partial charge in [-0.05, 0) is 50.5 Å². The standard InChI is InChI=1S/C21H26N2O3/c1-6-13-23-15(5)18(14(4)19(23)21(25)26-8-3)20(24)22-17-11-9-16(7-2)10-12-17/h6,9-12H,1,7-8,13H2,2-5H3,(H,22,24). The predicted molar refractivity (Wildman–Crippen MR) is 104 cm³/mol. The lowest BCUT2D eigenvalue weighted by molar-refractivity contribution is 0.0513. The third-order valence-electron chi connectivity index (χ3n) is 4.39. The maximum atomic E-state index is 12.9. The topological polar surface area (TPSA) is 60.3 Å². The van der Waals surface area contributed by atoms with Crippen LogP contribution < -0.4 is 5.32 Å². The van der Waals surface area contributed by atoms with Gasteiger partial charge in [-0.25, -0.2) is 4.79 Å². The van der Waals surface area contributed by atoms with Crippen LogP contribution in [0.2, 0.25) is 0 Å². The van der Waals surface area contributed by atoms with Gasteiger partial charge in [0.05, 0.1) is 12.2 Å². The van der Waals surface area contributed by atoms with E-state index < -0.39 is 5.97 Å². The number of hydrogen-bond acceptors (Lipinski definition) is 3. The molecule has 5 nitrogen and oxygen atoms in total. The summed E-state index contributed by atoms with van der Waals surface area (Å²) in [5.41, 5.74) is 4.15. The molecule has 0 spiro atoms. The number of ether oxygens (including phenoxy) is 1. The average molecular weight is 354 g/mol. The number of benzene rings is 1. The smallest absolute Gasteiger partial charge is 0.355 e. The number of rotatable bonds is 7. The Balaban J connectivity index is 2.40. The molecule has 0 radical (unpaired) electrons. The first-order valence-corrected chi connectivity index (χ1v) is 8.82. The molecule has 0 saturated carbocycles. The SMILES string of the molecule is C=CCn1c(C)c(C(=O)Nc2ccc(CC)cc2)c(C)c1C(=O)OCC. The quantitative estimate of drug-likeness (QED) is 0.596. The second kappa shape index (κ2) is 8.52. The highest BCUT2D eigenvalue weighted by Gasteiger charge is 2.26. The molecule has 0 aliphatic rings. The Kier molecular flexibility index (Phi) is 6.39. The van der Waals surface area contributed by atoms with Crippen LogP contribution >= 0.6 is 0 Å². The fourth-order valence-corrected chi connectivity index (χ4v) is 3.07. The maximum Gasteiger partial charge on any atom is 0.355 e. The normalized spacial score (nSPS) is 10.5. The molecule has 0 saturated heterocycles. The van der Waals surface area contributed by atoms with Gasteiger partial charge in [0.25, 0.3) is 5.91 Å². The van der Waals surface area contributed by atoms with E-state index in [4.69, 9.17) is 4.74 Å². The van der Waals surface area contributed by atoms with E-state index in [0.29, 0.717) is 29.1 Å². The zero-order valence-electron chi connectivity index (χ0n) is 15.9. The van der Waals surface area contributed by atoms with E-state index in [0.717, 1.165) is 12.1 Å². The molecule has 0 atom stereocenters. The minimum Gasteiger partial charge on any atom is -0.461 e. The summed E-state index contributed by atoms with van der Waals surface area (Å²) in [5, 5.41) is 2.91. The van der Waals surface area contributed by atoms with Gasteiger partial charge in [-0.1, -0.05) is 25.1 Å². The summed E-state index contributed by atoms with van der Waals surface area (Å²) in [4.78, 5) is 25.2. The molecule has 0 aliphatic heterocycles. The van der Waals surface area contributed by atoms with Gasteiger partial charge in [0.1, 0.15) is 5.69 Å². The first kappa shape index (κ1) is 19.5. The molecule has 0 unspecified atom stereocenters. The molecule has 0 fully saturated rings. The van der Waals surface area contributed by atoms with E-state index in [-0.39, 0.29) is 12.5 Å². The Hall–Kier alpha value is -2.82. The Labute approximate surface area is 154 Å². The monoisotopic (exact) mass is 354 g/mol. The Morgan fingerprint density at radius 3 is 2.38 bits per heavy atom. The lowest BCUT2D eigenvalue weighted by Crippen LogP contribution is -2.14. The third-order valence-corrected chi connectivity index (χ3v) is 4.39. The number of hydrogen-bond donors (Lipinski definition) is 1. The number of carbonyl (C=O) groups is 2. The summed E-state index contributed by atoms with van der Waals surface area (Å²) in [6.45, 7) is 11.9. The summed E-state index contributed by atoms with van der Waals surface area (Å²) < 4.78 is 6.94. The number of anilines is 1. The molecule has 1 aromatic heterocycles. The molecule has 1 heterocycles. The molecular formula is C21H26N2O3.